The second kappa shape index (κ2) is 14.5. The Labute approximate surface area is 298 Å². The number of nitrogens with zero attached hydrogens (tertiary/aromatic N) is 7. The van der Waals surface area contributed by atoms with Crippen LogP contribution in [0.15, 0.2) is 48.5 Å². The molecule has 9 rings (SSSR count). The van der Waals surface area contributed by atoms with Crippen molar-refractivity contribution in [3.8, 4) is 22.7 Å². The number of ether oxygens (including phenoxy) is 1. The Morgan fingerprint density at radius 2 is 1.58 bits per heavy atom. The van der Waals surface area contributed by atoms with E-state index in [1.165, 1.54) is 37.7 Å². The lowest BCUT2D eigenvalue weighted by Crippen LogP contribution is -2.44. The number of anilines is 5. The molecule has 2 aromatic carbocycles. The molecule has 3 saturated heterocycles. The van der Waals surface area contributed by atoms with E-state index in [4.69, 9.17) is 25.4 Å². The van der Waals surface area contributed by atoms with Crippen LogP contribution in [-0.2, 0) is 4.79 Å². The molecule has 52 heavy (non-hydrogen) atoms. The van der Waals surface area contributed by atoms with E-state index >= 15 is 4.39 Å². The molecule has 0 spiro atoms. The molecular formula is C36H41F4N9O3. The van der Waals surface area contributed by atoms with Crippen LogP contribution in [0.25, 0.3) is 16.9 Å². The summed E-state index contributed by atoms with van der Waals surface area (Å²) >= 11 is 0. The molecule has 0 unspecified atom stereocenters. The van der Waals surface area contributed by atoms with Crippen molar-refractivity contribution in [2.75, 3.05) is 67.2 Å². The zero-order valence-electron chi connectivity index (χ0n) is 28.7. The van der Waals surface area contributed by atoms with Crippen LogP contribution in [0.1, 0.15) is 50.1 Å². The summed E-state index contributed by atoms with van der Waals surface area (Å²) in [6.45, 7) is 6.23. The molecule has 0 amide bonds. The first kappa shape index (κ1) is 35.3. The van der Waals surface area contributed by atoms with Gasteiger partial charge in [-0.3, -0.25) is 0 Å². The topological polar surface area (TPSA) is 138 Å². The predicted octanol–water partition coefficient (Wildman–Crippen LogP) is 6.20. The number of pyridine rings is 1. The van der Waals surface area contributed by atoms with E-state index in [1.54, 1.807) is 11.8 Å². The minimum atomic E-state index is -5.08. The molecule has 16 heteroatoms. The Balaban J connectivity index is 0.000000548. The number of nitrogen functional groups attached to an aromatic ring is 1. The number of hydrogen-bond acceptors (Lipinski definition) is 10. The van der Waals surface area contributed by atoms with Gasteiger partial charge in [-0.25, -0.2) is 14.2 Å². The second-order valence-corrected chi connectivity index (χ2v) is 13.5. The van der Waals surface area contributed by atoms with Crippen molar-refractivity contribution >= 4 is 34.9 Å². The fourth-order valence-electron chi connectivity index (χ4n) is 7.73. The normalized spacial score (nSPS) is 17.9. The van der Waals surface area contributed by atoms with Gasteiger partial charge in [0.1, 0.15) is 11.6 Å². The monoisotopic (exact) mass is 723 g/mol. The van der Waals surface area contributed by atoms with Gasteiger partial charge in [0.05, 0.1) is 24.2 Å². The number of rotatable bonds is 7. The number of aromatic nitrogens is 4. The lowest BCUT2D eigenvalue weighted by Gasteiger charge is -2.42. The zero-order valence-corrected chi connectivity index (χ0v) is 28.7. The average molecular weight is 724 g/mol. The fraction of sp³-hybridized carbons (Fsp3) is 0.444. The smallest absolute Gasteiger partial charge is 0.490 e. The molecular weight excluding hydrogens is 682 g/mol. The van der Waals surface area contributed by atoms with E-state index in [-0.39, 0.29) is 11.8 Å². The standard InChI is InChI=1S/C34H40FN9O.C2HF3O2/c1-45-26-7-4-22(5-8-26)27-21-30(38-31-23-10-16-43(17-11-23)32(27)31)44-33(36)39-34(40-44)37-24-6-9-29(28(35)20-24)42-18-12-25(13-19-42)41-14-2-3-15-41;3-2(4,5)1(6)7/h4-9,20-21,23,25H,2-3,10-19H2,1H3,(H3,36,37,39,40);(H,6,7). The summed E-state index contributed by atoms with van der Waals surface area (Å²) in [5, 5.41) is 15.0. The molecule has 0 atom stereocenters. The van der Waals surface area contributed by atoms with Gasteiger partial charge in [-0.15, -0.1) is 5.10 Å². The highest BCUT2D eigenvalue weighted by Gasteiger charge is 2.38. The Morgan fingerprint density at radius 1 is 0.923 bits per heavy atom. The molecule has 276 valence electrons. The molecule has 2 bridgehead atoms. The van der Waals surface area contributed by atoms with E-state index in [0.29, 0.717) is 35.1 Å². The van der Waals surface area contributed by atoms with Crippen molar-refractivity contribution in [2.24, 2.45) is 0 Å². The summed E-state index contributed by atoms with van der Waals surface area (Å²) < 4.78 is 54.1. The summed E-state index contributed by atoms with van der Waals surface area (Å²) in [6, 6.07) is 16.0. The van der Waals surface area contributed by atoms with Crippen LogP contribution in [-0.4, -0.2) is 94.3 Å². The number of aliphatic carboxylic acids is 1. The molecule has 2 aromatic heterocycles. The molecule has 0 radical (unpaired) electrons. The van der Waals surface area contributed by atoms with Crippen molar-refractivity contribution < 1.29 is 32.2 Å². The highest BCUT2D eigenvalue weighted by Crippen LogP contribution is 2.47. The zero-order chi connectivity index (χ0) is 36.6. The first-order chi connectivity index (χ1) is 25.0. The number of fused-ring (bicyclic) bond motifs is 2. The first-order valence-electron chi connectivity index (χ1n) is 17.5. The minimum Gasteiger partial charge on any atom is -0.497 e. The summed E-state index contributed by atoms with van der Waals surface area (Å²) in [6.07, 6.45) is 1.85. The Bertz CT molecular complexity index is 1900. The summed E-state index contributed by atoms with van der Waals surface area (Å²) in [7, 11) is 1.67. The molecule has 5 aliphatic rings. The van der Waals surface area contributed by atoms with Gasteiger partial charge < -0.3 is 35.6 Å². The number of piperidine rings is 2. The number of benzene rings is 2. The van der Waals surface area contributed by atoms with Crippen LogP contribution in [0.3, 0.4) is 0 Å². The van der Waals surface area contributed by atoms with Crippen molar-refractivity contribution in [1.82, 2.24) is 24.6 Å². The van der Waals surface area contributed by atoms with Crippen LogP contribution in [0.2, 0.25) is 0 Å². The van der Waals surface area contributed by atoms with Crippen molar-refractivity contribution in [2.45, 2.75) is 56.7 Å². The number of carbonyl (C=O) groups is 1. The van der Waals surface area contributed by atoms with Gasteiger partial charge in [-0.05, 0) is 93.6 Å². The number of halogens is 4. The number of methoxy groups -OCH3 is 1. The highest BCUT2D eigenvalue weighted by atomic mass is 19.4. The third kappa shape index (κ3) is 7.29. The van der Waals surface area contributed by atoms with E-state index in [1.807, 2.05) is 30.3 Å². The molecule has 4 aromatic rings. The molecule has 7 heterocycles. The number of nitrogens with one attached hydrogen (secondary N) is 1. The number of carboxylic acid groups (broad SMARTS) is 1. The maximum absolute atomic E-state index is 15.4. The van der Waals surface area contributed by atoms with Crippen LogP contribution in [0, 0.1) is 5.82 Å². The third-order valence-electron chi connectivity index (χ3n) is 10.4. The Kier molecular flexibility index (Phi) is 9.83. The van der Waals surface area contributed by atoms with Crippen LogP contribution < -0.4 is 25.6 Å². The van der Waals surface area contributed by atoms with Crippen molar-refractivity contribution in [3.63, 3.8) is 0 Å². The van der Waals surface area contributed by atoms with Crippen LogP contribution in [0.4, 0.5) is 46.5 Å². The predicted molar refractivity (Wildman–Crippen MR) is 189 cm³/mol. The van der Waals surface area contributed by atoms with Crippen LogP contribution >= 0.6 is 0 Å². The van der Waals surface area contributed by atoms with Gasteiger partial charge >= 0.3 is 12.1 Å². The molecule has 0 saturated carbocycles. The maximum atomic E-state index is 15.4. The summed E-state index contributed by atoms with van der Waals surface area (Å²) in [5.74, 6) is -0.676. The minimum absolute atomic E-state index is 0.213. The van der Waals surface area contributed by atoms with Gasteiger partial charge in [-0.1, -0.05) is 12.1 Å². The third-order valence-corrected chi connectivity index (χ3v) is 10.4. The summed E-state index contributed by atoms with van der Waals surface area (Å²) in [4.78, 5) is 25.7. The number of carboxylic acids is 1. The Hall–Kier alpha value is -5.12. The molecule has 4 N–H and O–H groups in total. The van der Waals surface area contributed by atoms with E-state index in [2.05, 4.69) is 42.2 Å². The molecule has 12 nitrogen and oxygen atoms in total. The van der Waals surface area contributed by atoms with Gasteiger partial charge in [0.2, 0.25) is 11.9 Å². The number of nitrogens with two attached hydrogens (primary N) is 1. The second-order valence-electron chi connectivity index (χ2n) is 13.5. The lowest BCUT2D eigenvalue weighted by molar-refractivity contribution is -0.192. The largest absolute Gasteiger partial charge is 0.497 e. The number of likely N-dealkylation sites (tertiary alicyclic amines) is 1. The summed E-state index contributed by atoms with van der Waals surface area (Å²) in [5.41, 5.74) is 12.1. The van der Waals surface area contributed by atoms with E-state index in [0.717, 1.165) is 74.4 Å². The van der Waals surface area contributed by atoms with Gasteiger partial charge in [-0.2, -0.15) is 22.8 Å². The van der Waals surface area contributed by atoms with Gasteiger partial charge in [0.15, 0.2) is 5.82 Å². The highest BCUT2D eigenvalue weighted by molar-refractivity contribution is 5.83. The SMILES string of the molecule is COc1ccc(-c2cc(-n3nc(Nc4ccc(N5CCC(N6CCCC6)CC5)c(F)c4)nc3N)nc3c2N2CCC3CC2)cc1.O=C(O)C(F)(F)F. The number of alkyl halides is 3. The van der Waals surface area contributed by atoms with E-state index < -0.39 is 12.1 Å². The van der Waals surface area contributed by atoms with Crippen molar-refractivity contribution in [1.29, 1.82) is 0 Å². The van der Waals surface area contributed by atoms with Gasteiger partial charge in [0, 0.05) is 49.4 Å². The molecule has 3 fully saturated rings. The fourth-order valence-corrected chi connectivity index (χ4v) is 7.73. The molecule has 5 aliphatic heterocycles. The molecule has 0 aliphatic carbocycles. The quantitative estimate of drug-likeness (QED) is 0.188. The Morgan fingerprint density at radius 3 is 2.19 bits per heavy atom. The first-order valence-corrected chi connectivity index (χ1v) is 17.5. The van der Waals surface area contributed by atoms with Gasteiger partial charge in [0.25, 0.3) is 0 Å². The average Bonchev–Trinajstić information content (AvgIpc) is 3.82. The number of hydrogen-bond donors (Lipinski definition) is 3. The van der Waals surface area contributed by atoms with Crippen LogP contribution in [0.5, 0.6) is 5.75 Å². The maximum Gasteiger partial charge on any atom is 0.490 e. The lowest BCUT2D eigenvalue weighted by atomic mass is 9.84. The van der Waals surface area contributed by atoms with Crippen molar-refractivity contribution in [3.05, 3.63) is 60.0 Å². The van der Waals surface area contributed by atoms with E-state index in [9.17, 15) is 13.2 Å².